The van der Waals surface area contributed by atoms with Gasteiger partial charge in [-0.25, -0.2) is 0 Å². The first kappa shape index (κ1) is 21.2. The lowest BCUT2D eigenvalue weighted by Gasteiger charge is -2.25. The molecule has 2 bridgehead atoms. The van der Waals surface area contributed by atoms with Crippen LogP contribution in [0.3, 0.4) is 0 Å². The Hall–Kier alpha value is -3.39. The molecule has 5 heterocycles. The number of fused-ring (bicyclic) bond motifs is 3. The third-order valence-electron chi connectivity index (χ3n) is 7.28. The molecular weight excluding hydrogens is 441 g/mol. The second-order valence-electron chi connectivity index (χ2n) is 9.28. The van der Waals surface area contributed by atoms with Crippen molar-refractivity contribution in [3.05, 3.63) is 82.2 Å². The summed E-state index contributed by atoms with van der Waals surface area (Å²) in [5.41, 5.74) is 4.39. The van der Waals surface area contributed by atoms with Gasteiger partial charge in [-0.3, -0.25) is 14.3 Å². The van der Waals surface area contributed by atoms with E-state index in [1.807, 2.05) is 12.1 Å². The number of aromatic nitrogens is 3. The zero-order valence-corrected chi connectivity index (χ0v) is 18.6. The van der Waals surface area contributed by atoms with Gasteiger partial charge in [0.25, 0.3) is 5.56 Å². The van der Waals surface area contributed by atoms with Crippen LogP contribution in [0.2, 0.25) is 0 Å². The number of alkyl halides is 3. The summed E-state index contributed by atoms with van der Waals surface area (Å²) in [6, 6.07) is 11.9. The van der Waals surface area contributed by atoms with E-state index in [0.717, 1.165) is 42.9 Å². The maximum Gasteiger partial charge on any atom is 0.433 e. The van der Waals surface area contributed by atoms with Crippen LogP contribution in [0.5, 0.6) is 0 Å². The van der Waals surface area contributed by atoms with Gasteiger partial charge < -0.3 is 9.88 Å². The number of pyridine rings is 2. The van der Waals surface area contributed by atoms with Crippen molar-refractivity contribution in [3.8, 4) is 16.8 Å². The summed E-state index contributed by atoms with van der Waals surface area (Å²) < 4.78 is 42.2. The summed E-state index contributed by atoms with van der Waals surface area (Å²) in [5, 5.41) is 4.92. The first-order valence-electron chi connectivity index (χ1n) is 11.4. The van der Waals surface area contributed by atoms with E-state index < -0.39 is 11.9 Å². The predicted octanol–water partition coefficient (Wildman–Crippen LogP) is 5.01. The molecule has 0 spiro atoms. The molecule has 1 N–H and O–H groups in total. The van der Waals surface area contributed by atoms with Crippen LogP contribution in [0.15, 0.2) is 59.7 Å². The van der Waals surface area contributed by atoms with Crippen molar-refractivity contribution >= 4 is 10.9 Å². The number of hydrogen-bond acceptors (Lipinski definition) is 3. The standard InChI is InChI=1S/C26H23F3N4O/c1-32-21-12-18(4-5-19(21)25-20-6-2-15(13-30-20)10-22(25)32)33-9-8-16(11-24(33)34)17-3-7-23(31-14-17)26(27,28)29/h3-5,7-9,11-12,14-15,20,30H,2,6,10,13H2,1H3. The van der Waals surface area contributed by atoms with Crippen molar-refractivity contribution < 1.29 is 13.2 Å². The predicted molar refractivity (Wildman–Crippen MR) is 124 cm³/mol. The number of halogens is 3. The van der Waals surface area contributed by atoms with Gasteiger partial charge in [0.15, 0.2) is 0 Å². The van der Waals surface area contributed by atoms with Crippen molar-refractivity contribution in [2.75, 3.05) is 6.54 Å². The second kappa shape index (κ2) is 7.56. The first-order valence-corrected chi connectivity index (χ1v) is 11.4. The molecule has 2 unspecified atom stereocenters. The molecule has 0 saturated carbocycles. The summed E-state index contributed by atoms with van der Waals surface area (Å²) in [6.07, 6.45) is 1.78. The fraction of sp³-hybridized carbons (Fsp3) is 0.308. The molecule has 1 aliphatic carbocycles. The first-order chi connectivity index (χ1) is 16.3. The Morgan fingerprint density at radius 2 is 1.91 bits per heavy atom. The summed E-state index contributed by atoms with van der Waals surface area (Å²) in [4.78, 5) is 16.4. The molecular formula is C26H23F3N4O. The van der Waals surface area contributed by atoms with Gasteiger partial charge in [-0.1, -0.05) is 12.1 Å². The molecule has 2 atom stereocenters. The molecule has 0 amide bonds. The average Bonchev–Trinajstić information content (AvgIpc) is 2.97. The lowest BCUT2D eigenvalue weighted by molar-refractivity contribution is -0.141. The number of hydrogen-bond donors (Lipinski definition) is 1. The third kappa shape index (κ3) is 3.36. The van der Waals surface area contributed by atoms with Crippen LogP contribution in [-0.4, -0.2) is 20.7 Å². The molecule has 1 fully saturated rings. The molecule has 4 aromatic rings. The minimum atomic E-state index is -4.49. The SMILES string of the molecule is Cn1c2c(c3ccc(-n4ccc(-c5ccc(C(F)(F)F)nc5)cc4=O)cc31)C1CCC(CN1)C2. The zero-order chi connectivity index (χ0) is 23.6. The van der Waals surface area contributed by atoms with Crippen molar-refractivity contribution in [3.63, 3.8) is 0 Å². The van der Waals surface area contributed by atoms with E-state index in [0.29, 0.717) is 23.1 Å². The minimum absolute atomic E-state index is 0.256. The highest BCUT2D eigenvalue weighted by Gasteiger charge is 2.33. The van der Waals surface area contributed by atoms with Gasteiger partial charge in [0.2, 0.25) is 0 Å². The Morgan fingerprint density at radius 1 is 1.06 bits per heavy atom. The van der Waals surface area contributed by atoms with Gasteiger partial charge in [0.05, 0.1) is 11.2 Å². The molecule has 7 rings (SSSR count). The van der Waals surface area contributed by atoms with Crippen molar-refractivity contribution in [2.45, 2.75) is 31.5 Å². The number of piperidine rings is 1. The normalized spacial score (nSPS) is 19.9. The van der Waals surface area contributed by atoms with Crippen LogP contribution < -0.4 is 10.9 Å². The number of nitrogens with zero attached hydrogens (tertiary/aromatic N) is 3. The highest BCUT2D eigenvalue weighted by atomic mass is 19.4. The van der Waals surface area contributed by atoms with Crippen LogP contribution in [-0.2, 0) is 19.6 Å². The molecule has 8 heteroatoms. The van der Waals surface area contributed by atoms with E-state index in [1.165, 1.54) is 35.2 Å². The van der Waals surface area contributed by atoms with Crippen molar-refractivity contribution in [2.24, 2.45) is 13.0 Å². The Morgan fingerprint density at radius 3 is 2.59 bits per heavy atom. The highest BCUT2D eigenvalue weighted by Crippen LogP contribution is 2.41. The number of rotatable bonds is 2. The molecule has 1 saturated heterocycles. The Labute approximate surface area is 193 Å². The fourth-order valence-corrected chi connectivity index (χ4v) is 5.51. The monoisotopic (exact) mass is 464 g/mol. The molecule has 5 nitrogen and oxygen atoms in total. The van der Waals surface area contributed by atoms with Gasteiger partial charge in [0.1, 0.15) is 5.69 Å². The highest BCUT2D eigenvalue weighted by molar-refractivity contribution is 5.88. The second-order valence-corrected chi connectivity index (χ2v) is 9.28. The summed E-state index contributed by atoms with van der Waals surface area (Å²) >= 11 is 0. The Bertz CT molecular complexity index is 1460. The van der Waals surface area contributed by atoms with Gasteiger partial charge in [0, 0.05) is 48.2 Å². The van der Waals surface area contributed by atoms with E-state index in [4.69, 9.17) is 0 Å². The average molecular weight is 464 g/mol. The van der Waals surface area contributed by atoms with Crippen LogP contribution in [0.1, 0.15) is 35.8 Å². The quantitative estimate of drug-likeness (QED) is 0.454. The van der Waals surface area contributed by atoms with Crippen molar-refractivity contribution in [1.82, 2.24) is 19.4 Å². The third-order valence-corrected chi connectivity index (χ3v) is 7.28. The van der Waals surface area contributed by atoms with Crippen LogP contribution in [0.25, 0.3) is 27.7 Å². The molecule has 34 heavy (non-hydrogen) atoms. The number of aryl methyl sites for hydroxylation is 1. The van der Waals surface area contributed by atoms with E-state index in [2.05, 4.69) is 28.0 Å². The summed E-state index contributed by atoms with van der Waals surface area (Å²) in [5.74, 6) is 0.662. The largest absolute Gasteiger partial charge is 0.433 e. The van der Waals surface area contributed by atoms with Crippen molar-refractivity contribution in [1.29, 1.82) is 0 Å². The maximum atomic E-state index is 13.0. The van der Waals surface area contributed by atoms with Gasteiger partial charge >= 0.3 is 6.18 Å². The topological polar surface area (TPSA) is 51.9 Å². The molecule has 2 aliphatic heterocycles. The molecule has 174 valence electrons. The number of nitrogens with one attached hydrogen (secondary N) is 1. The number of benzene rings is 1. The molecule has 3 aromatic heterocycles. The van der Waals surface area contributed by atoms with Crippen LogP contribution >= 0.6 is 0 Å². The fourth-order valence-electron chi connectivity index (χ4n) is 5.51. The Balaban J connectivity index is 1.38. The maximum absolute atomic E-state index is 13.0. The van der Waals surface area contributed by atoms with Gasteiger partial charge in [-0.05, 0) is 67.1 Å². The van der Waals surface area contributed by atoms with Gasteiger partial charge in [-0.15, -0.1) is 0 Å². The van der Waals surface area contributed by atoms with Crippen LogP contribution in [0.4, 0.5) is 13.2 Å². The lowest BCUT2D eigenvalue weighted by atomic mass is 9.94. The van der Waals surface area contributed by atoms with E-state index in [1.54, 1.807) is 16.8 Å². The van der Waals surface area contributed by atoms with E-state index in [-0.39, 0.29) is 5.56 Å². The summed E-state index contributed by atoms with van der Waals surface area (Å²) in [6.45, 7) is 1.06. The molecule has 0 radical (unpaired) electrons. The Kier molecular flexibility index (Phi) is 4.71. The molecule has 3 aliphatic rings. The summed E-state index contributed by atoms with van der Waals surface area (Å²) in [7, 11) is 2.10. The van der Waals surface area contributed by atoms with E-state index >= 15 is 0 Å². The lowest BCUT2D eigenvalue weighted by Crippen LogP contribution is -2.30. The minimum Gasteiger partial charge on any atom is -0.347 e. The van der Waals surface area contributed by atoms with E-state index in [9.17, 15) is 18.0 Å². The van der Waals surface area contributed by atoms with Crippen LogP contribution in [0, 0.1) is 5.92 Å². The zero-order valence-electron chi connectivity index (χ0n) is 18.6. The molecule has 1 aromatic carbocycles. The van der Waals surface area contributed by atoms with Gasteiger partial charge in [-0.2, -0.15) is 13.2 Å². The smallest absolute Gasteiger partial charge is 0.347 e.